The Kier molecular flexibility index (Phi) is 6.06. The van der Waals surface area contributed by atoms with Gasteiger partial charge in [-0.05, 0) is 36.5 Å². The van der Waals surface area contributed by atoms with Crippen molar-refractivity contribution in [1.29, 1.82) is 0 Å². The van der Waals surface area contributed by atoms with Crippen LogP contribution in [0.2, 0.25) is 0 Å². The first-order chi connectivity index (χ1) is 12.5. The molecule has 1 unspecified atom stereocenters. The number of nitrogens with one attached hydrogen (secondary N) is 1. The third-order valence-corrected chi connectivity index (χ3v) is 6.02. The molecule has 0 aliphatic carbocycles. The first-order valence-electron chi connectivity index (χ1n) is 8.90. The van der Waals surface area contributed by atoms with E-state index in [1.54, 1.807) is 4.90 Å². The molecule has 1 aliphatic heterocycles. The highest BCUT2D eigenvalue weighted by atomic mass is 32.2. The van der Waals surface area contributed by atoms with Gasteiger partial charge in [0.05, 0.1) is 5.75 Å². The molecular weight excluding hydrogens is 348 g/mol. The summed E-state index contributed by atoms with van der Waals surface area (Å²) in [4.78, 5) is 13.9. The molecule has 1 N–H and O–H groups in total. The fraction of sp³-hybridized carbons (Fsp3) is 0.350. The summed E-state index contributed by atoms with van der Waals surface area (Å²) in [6, 6.07) is 19.4. The van der Waals surface area contributed by atoms with Crippen LogP contribution in [0.1, 0.15) is 18.4 Å². The van der Waals surface area contributed by atoms with Gasteiger partial charge in [-0.25, -0.2) is 13.1 Å². The standard InChI is InChI=1S/C20H24N2O3S/c23-20-14-18(16-22(20)19-11-5-2-6-12-19)15-21-26(24,25)13-7-10-17-8-3-1-4-9-17/h1-6,8-9,11-12,18,21H,7,10,13-16H2. The van der Waals surface area contributed by atoms with Crippen LogP contribution in [0.5, 0.6) is 0 Å². The van der Waals surface area contributed by atoms with E-state index in [0.717, 1.165) is 17.7 Å². The van der Waals surface area contributed by atoms with Crippen molar-refractivity contribution < 1.29 is 13.2 Å². The number of carbonyl (C=O) groups is 1. The molecule has 3 rings (SSSR count). The topological polar surface area (TPSA) is 66.5 Å². The zero-order valence-electron chi connectivity index (χ0n) is 14.7. The van der Waals surface area contributed by atoms with Crippen molar-refractivity contribution in [2.45, 2.75) is 19.3 Å². The van der Waals surface area contributed by atoms with Gasteiger partial charge in [0.1, 0.15) is 0 Å². The second-order valence-electron chi connectivity index (χ2n) is 6.67. The molecule has 1 atom stereocenters. The van der Waals surface area contributed by atoms with E-state index in [9.17, 15) is 13.2 Å². The number of anilines is 1. The van der Waals surface area contributed by atoms with Gasteiger partial charge in [-0.2, -0.15) is 0 Å². The molecule has 2 aromatic carbocycles. The molecule has 1 aliphatic rings. The number of para-hydroxylation sites is 1. The molecule has 138 valence electrons. The lowest BCUT2D eigenvalue weighted by atomic mass is 10.1. The predicted octanol–water partition coefficient (Wildman–Crippen LogP) is 2.59. The van der Waals surface area contributed by atoms with Gasteiger partial charge in [0, 0.05) is 25.2 Å². The quantitative estimate of drug-likeness (QED) is 0.774. The molecule has 0 radical (unpaired) electrons. The van der Waals surface area contributed by atoms with E-state index in [1.807, 2.05) is 60.7 Å². The molecule has 5 nitrogen and oxygen atoms in total. The third-order valence-electron chi connectivity index (χ3n) is 4.59. The molecule has 1 amide bonds. The number of nitrogens with zero attached hydrogens (tertiary/aromatic N) is 1. The number of amides is 1. The van der Waals surface area contributed by atoms with Crippen molar-refractivity contribution in [2.24, 2.45) is 5.92 Å². The Labute approximate surface area is 155 Å². The average Bonchev–Trinajstić information content (AvgIpc) is 3.02. The fourth-order valence-corrected chi connectivity index (χ4v) is 4.36. The number of sulfonamides is 1. The van der Waals surface area contributed by atoms with Crippen molar-refractivity contribution in [1.82, 2.24) is 4.72 Å². The van der Waals surface area contributed by atoms with Gasteiger partial charge in [-0.3, -0.25) is 4.79 Å². The van der Waals surface area contributed by atoms with Crippen LogP contribution in [0, 0.1) is 5.92 Å². The van der Waals surface area contributed by atoms with Crippen LogP contribution in [0.4, 0.5) is 5.69 Å². The summed E-state index contributed by atoms with van der Waals surface area (Å²) >= 11 is 0. The maximum Gasteiger partial charge on any atom is 0.227 e. The monoisotopic (exact) mass is 372 g/mol. The summed E-state index contributed by atoms with van der Waals surface area (Å²) in [5.41, 5.74) is 2.01. The molecule has 1 saturated heterocycles. The Morgan fingerprint density at radius 3 is 2.35 bits per heavy atom. The second kappa shape index (κ2) is 8.47. The van der Waals surface area contributed by atoms with E-state index in [4.69, 9.17) is 0 Å². The van der Waals surface area contributed by atoms with E-state index < -0.39 is 10.0 Å². The smallest absolute Gasteiger partial charge is 0.227 e. The maximum absolute atomic E-state index is 12.2. The summed E-state index contributed by atoms with van der Waals surface area (Å²) in [7, 11) is -3.32. The van der Waals surface area contributed by atoms with Crippen LogP contribution in [0.3, 0.4) is 0 Å². The van der Waals surface area contributed by atoms with E-state index >= 15 is 0 Å². The van der Waals surface area contributed by atoms with E-state index in [0.29, 0.717) is 25.9 Å². The molecule has 0 aromatic heterocycles. The fourth-order valence-electron chi connectivity index (χ4n) is 3.20. The van der Waals surface area contributed by atoms with Crippen molar-refractivity contribution >= 4 is 21.6 Å². The Morgan fingerprint density at radius 2 is 1.65 bits per heavy atom. The Morgan fingerprint density at radius 1 is 1.00 bits per heavy atom. The number of carbonyl (C=O) groups excluding carboxylic acids is 1. The van der Waals surface area contributed by atoms with Gasteiger partial charge in [-0.15, -0.1) is 0 Å². The molecule has 0 saturated carbocycles. The summed E-state index contributed by atoms with van der Waals surface area (Å²) in [5.74, 6) is 0.154. The highest BCUT2D eigenvalue weighted by Gasteiger charge is 2.31. The molecule has 1 heterocycles. The molecule has 0 spiro atoms. The molecule has 0 bridgehead atoms. The zero-order chi connectivity index (χ0) is 18.4. The van der Waals surface area contributed by atoms with Gasteiger partial charge in [0.25, 0.3) is 0 Å². The molecule has 6 heteroatoms. The van der Waals surface area contributed by atoms with Gasteiger partial charge in [-0.1, -0.05) is 48.5 Å². The van der Waals surface area contributed by atoms with Crippen LogP contribution in [-0.2, 0) is 21.2 Å². The van der Waals surface area contributed by atoms with Gasteiger partial charge in [0.2, 0.25) is 15.9 Å². The Balaban J connectivity index is 1.45. The lowest BCUT2D eigenvalue weighted by Crippen LogP contribution is -2.32. The molecular formula is C20H24N2O3S. The normalized spacial score (nSPS) is 17.6. The summed E-state index contributed by atoms with van der Waals surface area (Å²) in [6.45, 7) is 0.859. The number of hydrogen-bond donors (Lipinski definition) is 1. The van der Waals surface area contributed by atoms with Gasteiger partial charge in [0.15, 0.2) is 0 Å². The number of rotatable bonds is 8. The summed E-state index contributed by atoms with van der Waals surface area (Å²) < 4.78 is 27.1. The first kappa shape index (κ1) is 18.6. The van der Waals surface area contributed by atoms with Crippen molar-refractivity contribution in [3.8, 4) is 0 Å². The number of aryl methyl sites for hydroxylation is 1. The lowest BCUT2D eigenvalue weighted by molar-refractivity contribution is -0.117. The maximum atomic E-state index is 12.2. The largest absolute Gasteiger partial charge is 0.312 e. The number of benzene rings is 2. The predicted molar refractivity (Wildman–Crippen MR) is 103 cm³/mol. The summed E-state index contributed by atoms with van der Waals surface area (Å²) in [5, 5.41) is 0. The highest BCUT2D eigenvalue weighted by molar-refractivity contribution is 7.89. The minimum atomic E-state index is -3.32. The van der Waals surface area contributed by atoms with E-state index in [-0.39, 0.29) is 17.6 Å². The second-order valence-corrected chi connectivity index (χ2v) is 8.59. The van der Waals surface area contributed by atoms with Crippen molar-refractivity contribution in [3.63, 3.8) is 0 Å². The van der Waals surface area contributed by atoms with Gasteiger partial charge >= 0.3 is 0 Å². The minimum absolute atomic E-state index is 0.00612. The SMILES string of the molecule is O=C1CC(CNS(=O)(=O)CCCc2ccccc2)CN1c1ccccc1. The number of hydrogen-bond acceptors (Lipinski definition) is 3. The van der Waals surface area contributed by atoms with Crippen LogP contribution in [-0.4, -0.2) is 33.2 Å². The summed E-state index contributed by atoms with van der Waals surface area (Å²) in [6.07, 6.45) is 1.70. The van der Waals surface area contributed by atoms with Crippen LogP contribution < -0.4 is 9.62 Å². The Hall–Kier alpha value is -2.18. The van der Waals surface area contributed by atoms with Crippen LogP contribution in [0.15, 0.2) is 60.7 Å². The lowest BCUT2D eigenvalue weighted by Gasteiger charge is -2.17. The molecule has 1 fully saturated rings. The van der Waals surface area contributed by atoms with Crippen LogP contribution >= 0.6 is 0 Å². The van der Waals surface area contributed by atoms with E-state index in [1.165, 1.54) is 0 Å². The van der Waals surface area contributed by atoms with Crippen LogP contribution in [0.25, 0.3) is 0 Å². The third kappa shape index (κ3) is 5.16. The molecule has 2 aromatic rings. The first-order valence-corrected chi connectivity index (χ1v) is 10.6. The highest BCUT2D eigenvalue weighted by Crippen LogP contribution is 2.24. The van der Waals surface area contributed by atoms with E-state index in [2.05, 4.69) is 4.72 Å². The van der Waals surface area contributed by atoms with Crippen molar-refractivity contribution in [3.05, 3.63) is 66.2 Å². The average molecular weight is 372 g/mol. The minimum Gasteiger partial charge on any atom is -0.312 e. The van der Waals surface area contributed by atoms with Crippen molar-refractivity contribution in [2.75, 3.05) is 23.7 Å². The van der Waals surface area contributed by atoms with Gasteiger partial charge < -0.3 is 4.90 Å². The molecule has 26 heavy (non-hydrogen) atoms. The Bertz CT molecular complexity index is 823. The zero-order valence-corrected chi connectivity index (χ0v) is 15.5.